The van der Waals surface area contributed by atoms with E-state index < -0.39 is 17.4 Å². The van der Waals surface area contributed by atoms with Crippen molar-refractivity contribution in [3.05, 3.63) is 196 Å². The molecule has 0 amide bonds. The van der Waals surface area contributed by atoms with Crippen molar-refractivity contribution in [2.45, 2.75) is 169 Å². The van der Waals surface area contributed by atoms with Gasteiger partial charge < -0.3 is 25.1 Å². The van der Waals surface area contributed by atoms with E-state index in [1.54, 1.807) is 48.5 Å². The molecule has 9 nitrogen and oxygen atoms in total. The van der Waals surface area contributed by atoms with Crippen LogP contribution in [0.3, 0.4) is 0 Å². The van der Waals surface area contributed by atoms with Crippen LogP contribution in [0.2, 0.25) is 0 Å². The topological polar surface area (TPSA) is 121 Å². The first-order chi connectivity index (χ1) is 42.0. The van der Waals surface area contributed by atoms with E-state index in [2.05, 4.69) is 144 Å². The number of anilines is 4. The van der Waals surface area contributed by atoms with Crippen molar-refractivity contribution in [1.82, 2.24) is 0 Å². The molecule has 5 aromatic carbocycles. The molecule has 2 aliphatic heterocycles. The molecule has 0 saturated carbocycles. The summed E-state index contributed by atoms with van der Waals surface area (Å²) in [6.45, 7) is 19.5. The number of carboxylic acid groups (broad SMARTS) is 2. The highest BCUT2D eigenvalue weighted by atomic mass is 32.1. The predicted octanol–water partition coefficient (Wildman–Crippen LogP) is 20.7. The van der Waals surface area contributed by atoms with E-state index >= 15 is 0 Å². The van der Waals surface area contributed by atoms with Crippen molar-refractivity contribution in [3.63, 3.8) is 0 Å². The Bertz CT molecular complexity index is 3740. The maximum atomic E-state index is 14.5. The highest BCUT2D eigenvalue weighted by molar-refractivity contribution is 7.25. The number of nitrogens with zero attached hydrogens (tertiary/aromatic N) is 3. The molecule has 0 atom stereocenters. The molecule has 1 aliphatic carbocycles. The predicted molar refractivity (Wildman–Crippen MR) is 362 cm³/mol. The number of carbonyl (C=O) groups is 3. The summed E-state index contributed by atoms with van der Waals surface area (Å²) in [5.41, 5.74) is 14.6. The first-order valence-corrected chi connectivity index (χ1v) is 33.6. The summed E-state index contributed by atoms with van der Waals surface area (Å²) >= 11 is 3.76. The molecule has 4 heterocycles. The zero-order chi connectivity index (χ0) is 61.6. The van der Waals surface area contributed by atoms with Crippen LogP contribution >= 0.6 is 22.7 Å². The van der Waals surface area contributed by atoms with Crippen molar-refractivity contribution in [3.8, 4) is 30.6 Å². The highest BCUT2D eigenvalue weighted by Crippen LogP contribution is 2.53. The number of aliphatic hydroxyl groups is 1. The summed E-state index contributed by atoms with van der Waals surface area (Å²) in [4.78, 5) is 47.5. The minimum absolute atomic E-state index is 0.0720. The molecule has 7 aromatic rings. The Morgan fingerprint density at radius 2 is 1.08 bits per heavy atom. The quantitative estimate of drug-likeness (QED) is 0.0252. The SMILES string of the molecule is CCCCCCCC[N+]1=C(/C=C2\C(=O)C(/C=C3\N(CC)c4ccc(-c5sc(-c6sc(-c7ccc(N(c8ccc(C(=O)O)cc8)c8ccc(C(=O)O)cc8)cc7)cc6CCCCCC)cc5CCCCCC)cc4C3(C)C)=C2O)C(C)(C)c2ccccc21. The largest absolute Gasteiger partial charge is 0.506 e. The Kier molecular flexibility index (Phi) is 19.5. The number of para-hydroxylation sites is 1. The lowest BCUT2D eigenvalue weighted by Crippen LogP contribution is -2.32. The molecule has 0 saturated heterocycles. The van der Waals surface area contributed by atoms with Crippen LogP contribution in [-0.4, -0.2) is 56.4 Å². The second-order valence-corrected chi connectivity index (χ2v) is 27.0. The molecule has 3 aliphatic rings. The van der Waals surface area contributed by atoms with Gasteiger partial charge in [0.05, 0.1) is 27.7 Å². The number of hydrogen-bond donors (Lipinski definition) is 3. The van der Waals surface area contributed by atoms with E-state index in [-0.39, 0.29) is 28.1 Å². The number of carboxylic acids is 2. The van der Waals surface area contributed by atoms with Gasteiger partial charge in [0.15, 0.2) is 5.71 Å². The van der Waals surface area contributed by atoms with Crippen molar-refractivity contribution in [1.29, 1.82) is 0 Å². The van der Waals surface area contributed by atoms with E-state index in [0.717, 1.165) is 78.4 Å². The summed E-state index contributed by atoms with van der Waals surface area (Å²) in [7, 11) is 0. The zero-order valence-electron chi connectivity index (χ0n) is 52.2. The van der Waals surface area contributed by atoms with Gasteiger partial charge in [-0.15, -0.1) is 22.7 Å². The van der Waals surface area contributed by atoms with Crippen LogP contribution in [-0.2, 0) is 28.5 Å². The maximum Gasteiger partial charge on any atom is 0.335 e. The van der Waals surface area contributed by atoms with Gasteiger partial charge >= 0.3 is 11.9 Å². The van der Waals surface area contributed by atoms with Crippen LogP contribution in [0.1, 0.15) is 188 Å². The first kappa shape index (κ1) is 62.5. The molecule has 0 fully saturated rings. The fraction of sp³-hybridized carbons (Fsp3) is 0.368. The van der Waals surface area contributed by atoms with Crippen LogP contribution < -0.4 is 9.80 Å². The normalized spacial score (nSPS) is 15.9. The van der Waals surface area contributed by atoms with Gasteiger partial charge in [-0.05, 0) is 172 Å². The number of allylic oxidation sites excluding steroid dienone is 5. The number of benzene rings is 5. The second-order valence-electron chi connectivity index (χ2n) is 24.9. The molecule has 10 rings (SSSR count). The third-order valence-electron chi connectivity index (χ3n) is 18.2. The van der Waals surface area contributed by atoms with Crippen LogP contribution in [0.4, 0.5) is 28.4 Å². The summed E-state index contributed by atoms with van der Waals surface area (Å²) < 4.78 is 2.39. The molecular weight excluding hydrogens is 1110 g/mol. The Morgan fingerprint density at radius 3 is 1.66 bits per heavy atom. The average molecular weight is 1200 g/mol. The van der Waals surface area contributed by atoms with Crippen LogP contribution in [0.5, 0.6) is 0 Å². The number of Topliss-reactive ketones (excluding diaryl/α,β-unsaturated/α-hetero) is 1. The summed E-state index contributed by atoms with van der Waals surface area (Å²) in [6.07, 6.45) is 22.5. The minimum atomic E-state index is -1.00. The van der Waals surface area contributed by atoms with Gasteiger partial charge in [0, 0.05) is 84.0 Å². The van der Waals surface area contributed by atoms with Crippen LogP contribution in [0.25, 0.3) is 30.6 Å². The van der Waals surface area contributed by atoms with Gasteiger partial charge in [0.2, 0.25) is 11.5 Å². The van der Waals surface area contributed by atoms with Crippen LogP contribution in [0, 0.1) is 0 Å². The Labute approximate surface area is 523 Å². The smallest absolute Gasteiger partial charge is 0.335 e. The highest BCUT2D eigenvalue weighted by Gasteiger charge is 2.47. The van der Waals surface area contributed by atoms with Gasteiger partial charge in [-0.3, -0.25) is 4.79 Å². The van der Waals surface area contributed by atoms with Gasteiger partial charge in [-0.2, -0.15) is 4.58 Å². The van der Waals surface area contributed by atoms with Gasteiger partial charge in [-0.1, -0.05) is 135 Å². The van der Waals surface area contributed by atoms with Gasteiger partial charge in [-0.25, -0.2) is 9.59 Å². The van der Waals surface area contributed by atoms with E-state index in [9.17, 15) is 29.7 Å². The molecule has 11 heteroatoms. The average Bonchev–Trinajstić information content (AvgIpc) is 1.71. The Hall–Kier alpha value is -7.60. The molecular formula is C76H86N3O6S2+. The third kappa shape index (κ3) is 12.9. The van der Waals surface area contributed by atoms with Crippen molar-refractivity contribution < 1.29 is 34.3 Å². The number of rotatable bonds is 28. The minimum Gasteiger partial charge on any atom is -0.506 e. The van der Waals surface area contributed by atoms with Crippen molar-refractivity contribution >= 4 is 74.5 Å². The van der Waals surface area contributed by atoms with E-state index in [4.69, 9.17) is 0 Å². The molecule has 0 spiro atoms. The third-order valence-corrected chi connectivity index (χ3v) is 20.8. The van der Waals surface area contributed by atoms with Gasteiger partial charge in [0.25, 0.3) is 0 Å². The number of ketones is 1. The number of aryl methyl sites for hydroxylation is 2. The Morgan fingerprint density at radius 1 is 0.563 bits per heavy atom. The van der Waals surface area contributed by atoms with E-state index in [1.165, 1.54) is 124 Å². The number of fused-ring (bicyclic) bond motifs is 2. The lowest BCUT2D eigenvalue weighted by atomic mass is 9.77. The lowest BCUT2D eigenvalue weighted by Gasteiger charge is -2.28. The molecule has 2 aromatic heterocycles. The summed E-state index contributed by atoms with van der Waals surface area (Å²) in [5, 5.41) is 31.3. The van der Waals surface area contributed by atoms with Gasteiger partial charge in [0.1, 0.15) is 12.3 Å². The number of likely N-dealkylation sites (N-methyl/N-ethyl adjacent to an activating group) is 1. The fourth-order valence-corrected chi connectivity index (χ4v) is 15.7. The first-order valence-electron chi connectivity index (χ1n) is 31.9. The number of aliphatic hydroxyl groups excluding tert-OH is 1. The van der Waals surface area contributed by atoms with Crippen LogP contribution in [0.15, 0.2) is 162 Å². The molecule has 0 unspecified atom stereocenters. The number of aromatic carboxylic acids is 2. The second kappa shape index (κ2) is 27.2. The Balaban J connectivity index is 0.975. The molecule has 452 valence electrons. The lowest BCUT2D eigenvalue weighted by molar-refractivity contribution is -0.438. The number of unbranched alkanes of at least 4 members (excludes halogenated alkanes) is 11. The molecule has 0 bridgehead atoms. The van der Waals surface area contributed by atoms with E-state index in [0.29, 0.717) is 17.7 Å². The summed E-state index contributed by atoms with van der Waals surface area (Å²) in [5.74, 6) is -2.05. The number of carbonyl (C=O) groups excluding carboxylic acids is 1. The monoisotopic (exact) mass is 1200 g/mol. The standard InChI is InChI=1S/C76H85N3O6S2/c1-9-13-16-19-20-25-44-78-63-29-24-23-28-61(63)75(5,6)68(78)49-60-69(80)59(70(60)81)48-67-76(7,8)62-45-55(36-43-64(62)77(67)12-4)71-53(26-21-17-14-10-2)47-66(87-71)72-54(27-22-18-15-11-3)46-65(86-72)50-30-37-56(38-31-50)79(57-39-32-51(33-40-57)73(82)83)58-41-34-52(35-42-58)74(84)85/h23-24,28-43,45-49H,9-22,25-27,44H2,1-8H3,(H2-,80,81,82,83,84,85)/p+1. The van der Waals surface area contributed by atoms with Crippen molar-refractivity contribution in [2.24, 2.45) is 0 Å². The van der Waals surface area contributed by atoms with Crippen molar-refractivity contribution in [2.75, 3.05) is 22.9 Å². The van der Waals surface area contributed by atoms with E-state index in [1.807, 2.05) is 39.7 Å². The molecule has 3 N–H and O–H groups in total. The fourth-order valence-electron chi connectivity index (χ4n) is 13.1. The number of thiophene rings is 2. The molecule has 0 radical (unpaired) electrons. The number of hydrogen-bond acceptors (Lipinski definition) is 8. The molecule has 87 heavy (non-hydrogen) atoms. The summed E-state index contributed by atoms with van der Waals surface area (Å²) in [6, 6.07) is 42.4. The maximum absolute atomic E-state index is 14.5. The zero-order valence-corrected chi connectivity index (χ0v) is 53.9.